The number of hydrogen-bond acceptors (Lipinski definition) is 11. The highest BCUT2D eigenvalue weighted by Gasteiger charge is 2.48. The molecule has 6 heterocycles. The summed E-state index contributed by atoms with van der Waals surface area (Å²) in [5.41, 5.74) is 2.28. The molecule has 0 saturated carbocycles. The number of benzene rings is 2. The average Bonchev–Trinajstić information content (AvgIpc) is 3.86. The lowest BCUT2D eigenvalue weighted by atomic mass is 9.90. The van der Waals surface area contributed by atoms with Gasteiger partial charge < -0.3 is 34.0 Å². The van der Waals surface area contributed by atoms with Gasteiger partial charge in [-0.3, -0.25) is 28.7 Å². The van der Waals surface area contributed by atoms with Gasteiger partial charge in [0.15, 0.2) is 0 Å². The smallest absolute Gasteiger partial charge is 0.355 e. The van der Waals surface area contributed by atoms with Crippen molar-refractivity contribution in [2.75, 3.05) is 50.9 Å². The number of hydrogen-bond donors (Lipinski definition) is 2. The van der Waals surface area contributed by atoms with E-state index in [0.29, 0.717) is 60.5 Å². The number of anilines is 1. The Morgan fingerprint density at radius 3 is 2.59 bits per heavy atom. The number of carbonyl (C=O) groups is 4. The average molecular weight is 875 g/mol. The molecule has 4 fully saturated rings. The van der Waals surface area contributed by atoms with Crippen molar-refractivity contribution in [2.24, 2.45) is 0 Å². The topological polar surface area (TPSA) is 160 Å². The molecule has 0 aliphatic carbocycles. The number of thiophene rings is 1. The molecule has 0 bridgehead atoms. The second kappa shape index (κ2) is 18.6. The van der Waals surface area contributed by atoms with E-state index >= 15 is 4.39 Å². The van der Waals surface area contributed by atoms with Crippen molar-refractivity contribution >= 4 is 58.3 Å². The van der Waals surface area contributed by atoms with E-state index < -0.39 is 43.4 Å². The van der Waals surface area contributed by atoms with E-state index in [9.17, 15) is 23.7 Å². The number of aromatic nitrogens is 1. The summed E-state index contributed by atoms with van der Waals surface area (Å²) in [6, 6.07) is 13.8. The molecule has 4 aliphatic rings. The lowest BCUT2D eigenvalue weighted by Crippen LogP contribution is -2.58. The molecule has 17 heteroatoms. The fourth-order valence-corrected chi connectivity index (χ4v) is 11.6. The van der Waals surface area contributed by atoms with Crippen molar-refractivity contribution in [3.05, 3.63) is 89.1 Å². The molecule has 2 aromatic carbocycles. The Morgan fingerprint density at radius 2 is 1.82 bits per heavy atom. The van der Waals surface area contributed by atoms with Gasteiger partial charge in [0.1, 0.15) is 23.9 Å². The molecule has 14 nitrogen and oxygen atoms in total. The second-order valence-corrected chi connectivity index (χ2v) is 19.4. The first-order valence-corrected chi connectivity index (χ1v) is 23.7. The Bertz CT molecular complexity index is 2290. The molecule has 324 valence electrons. The van der Waals surface area contributed by atoms with Crippen LogP contribution in [0.2, 0.25) is 0 Å². The van der Waals surface area contributed by atoms with E-state index in [4.69, 9.17) is 14.0 Å². The van der Waals surface area contributed by atoms with E-state index in [1.165, 1.54) is 30.4 Å². The molecule has 0 spiro atoms. The molecule has 2 aromatic heterocycles. The van der Waals surface area contributed by atoms with Gasteiger partial charge in [0.25, 0.3) is 5.91 Å². The number of ether oxygens (including phenoxy) is 2. The number of pyridine rings is 1. The normalized spacial score (nSPS) is 22.7. The van der Waals surface area contributed by atoms with Gasteiger partial charge in [0.2, 0.25) is 17.7 Å². The first-order chi connectivity index (χ1) is 29.5. The number of rotatable bonds is 14. The number of amides is 3. The van der Waals surface area contributed by atoms with Gasteiger partial charge in [-0.2, -0.15) is 0 Å². The number of carbonyl (C=O) groups excluding carboxylic acids is 4. The third-order valence-electron chi connectivity index (χ3n) is 12.0. The summed E-state index contributed by atoms with van der Waals surface area (Å²) >= 11 is 1.19. The van der Waals surface area contributed by atoms with Gasteiger partial charge in [-0.15, -0.1) is 11.3 Å². The van der Waals surface area contributed by atoms with Gasteiger partial charge >= 0.3 is 13.5 Å². The zero-order chi connectivity index (χ0) is 42.7. The number of morpholine rings is 1. The van der Waals surface area contributed by atoms with Crippen LogP contribution in [0.25, 0.3) is 10.1 Å². The van der Waals surface area contributed by atoms with Gasteiger partial charge in [-0.1, -0.05) is 31.2 Å². The summed E-state index contributed by atoms with van der Waals surface area (Å²) in [6.07, 6.45) is 7.53. The highest BCUT2D eigenvalue weighted by Crippen LogP contribution is 2.58. The van der Waals surface area contributed by atoms with Crippen LogP contribution in [0, 0.1) is 0 Å². The van der Waals surface area contributed by atoms with E-state index in [-0.39, 0.29) is 41.7 Å². The summed E-state index contributed by atoms with van der Waals surface area (Å²) in [6.45, 7) is 7.52. The molecule has 4 aliphatic heterocycles. The predicted octanol–water partition coefficient (Wildman–Crippen LogP) is 6.57. The Hall–Kier alpha value is -4.89. The molecule has 4 saturated heterocycles. The lowest BCUT2D eigenvalue weighted by molar-refractivity contribution is -0.148. The fourth-order valence-electron chi connectivity index (χ4n) is 8.78. The van der Waals surface area contributed by atoms with Crippen molar-refractivity contribution in [1.82, 2.24) is 25.2 Å². The quantitative estimate of drug-likeness (QED) is 0.104. The number of nitrogens with zero attached hydrogens (tertiary/aromatic N) is 4. The van der Waals surface area contributed by atoms with Crippen molar-refractivity contribution in [2.45, 2.75) is 88.4 Å². The van der Waals surface area contributed by atoms with Crippen LogP contribution in [-0.4, -0.2) is 109 Å². The number of esters is 1. The first kappa shape index (κ1) is 42.8. The number of fused-ring (bicyclic) bond motifs is 2. The Morgan fingerprint density at radius 1 is 1.03 bits per heavy atom. The maximum atomic E-state index is 16.5. The molecule has 3 amide bonds. The summed E-state index contributed by atoms with van der Waals surface area (Å²) < 4.78 is 48.0. The predicted molar refractivity (Wildman–Crippen MR) is 230 cm³/mol. The Kier molecular flexibility index (Phi) is 13.1. The molecule has 4 aromatic rings. The maximum Gasteiger partial charge on any atom is 0.355 e. The van der Waals surface area contributed by atoms with Crippen molar-refractivity contribution in [3.63, 3.8) is 0 Å². The summed E-state index contributed by atoms with van der Waals surface area (Å²) in [5.74, 6) is -3.31. The number of alkyl halides is 1. The molecular weight excluding hydrogens is 823 g/mol. The zero-order valence-electron chi connectivity index (χ0n) is 34.4. The minimum atomic E-state index is -4.44. The first-order valence-electron chi connectivity index (χ1n) is 21.2. The third kappa shape index (κ3) is 9.18. The van der Waals surface area contributed by atoms with E-state index in [1.807, 2.05) is 24.1 Å². The Balaban J connectivity index is 0.934. The van der Waals surface area contributed by atoms with Crippen molar-refractivity contribution < 1.29 is 42.1 Å². The van der Waals surface area contributed by atoms with Crippen LogP contribution in [0.4, 0.5) is 10.1 Å². The number of para-hydroxylation sites is 1. The molecule has 61 heavy (non-hydrogen) atoms. The van der Waals surface area contributed by atoms with Crippen LogP contribution < -0.4 is 19.8 Å². The third-order valence-corrected chi connectivity index (χ3v) is 15.2. The van der Waals surface area contributed by atoms with E-state index in [2.05, 4.69) is 20.3 Å². The largest absolute Gasteiger partial charge is 0.465 e. The standard InChI is InChI=1S/C44H52FN6O8PS/c1-3-20-58-44(55)28(2)48-60(56,59-33-9-5-4-6-10-33)40(45)29-12-15-38-30(23-29)24-39(61-38)41(52)47-35-11-7-8-32-13-14-37(51(32)42(35)53)43(54)50-26-31(27-50)34-25-46-17-16-36(34)49-18-21-57-22-19-49/h4-6,9-10,12,15-17,23-25,28,31-32,35,37,40H,3,7-8,11,13-14,18-22,26-27H2,1-2H3,(H,47,52)(H,48,56)/t28-,32-,35-,37-,40-,60+/m0/s1. The van der Waals surface area contributed by atoms with Crippen molar-refractivity contribution in [3.8, 4) is 5.75 Å². The lowest BCUT2D eigenvalue weighted by Gasteiger charge is -2.44. The summed E-state index contributed by atoms with van der Waals surface area (Å²) in [5, 5.41) is 6.08. The van der Waals surface area contributed by atoms with Crippen LogP contribution in [-0.2, 0) is 28.4 Å². The monoisotopic (exact) mass is 874 g/mol. The Labute approximate surface area is 358 Å². The molecule has 8 rings (SSSR count). The van der Waals surface area contributed by atoms with E-state index in [1.54, 1.807) is 53.6 Å². The minimum absolute atomic E-state index is 0.0272. The van der Waals surface area contributed by atoms with Crippen LogP contribution in [0.15, 0.2) is 73.1 Å². The fraction of sp³-hybridized carbons (Fsp3) is 0.477. The highest BCUT2D eigenvalue weighted by atomic mass is 32.1. The van der Waals surface area contributed by atoms with Crippen LogP contribution >= 0.6 is 18.9 Å². The number of halogens is 1. The van der Waals surface area contributed by atoms with Gasteiger partial charge in [0, 0.05) is 66.5 Å². The second-order valence-electron chi connectivity index (χ2n) is 16.2. The molecule has 0 radical (unpaired) electrons. The SMILES string of the molecule is CCCOC(=O)[C@H](C)N[P@](=O)(Oc1ccccc1)[C@H](F)c1ccc2sc(C(=O)N[C@H]3CCC[C@H]4CC[C@@H](C(=O)N5CC(c6cnccc6N6CCOCC6)C5)N4C3=O)cc2c1. The molecule has 0 unspecified atom stereocenters. The molecule has 6 atom stereocenters. The maximum absolute atomic E-state index is 16.5. The molecule has 2 N–H and O–H groups in total. The number of nitrogens with one attached hydrogen (secondary N) is 2. The zero-order valence-corrected chi connectivity index (χ0v) is 36.1. The summed E-state index contributed by atoms with van der Waals surface area (Å²) in [4.78, 5) is 65.3. The van der Waals surface area contributed by atoms with Gasteiger partial charge in [-0.25, -0.2) is 9.48 Å². The van der Waals surface area contributed by atoms with Crippen molar-refractivity contribution in [1.29, 1.82) is 0 Å². The molecular formula is C44H52FN6O8PS. The summed E-state index contributed by atoms with van der Waals surface area (Å²) in [7, 11) is -4.44. The minimum Gasteiger partial charge on any atom is -0.465 e. The van der Waals surface area contributed by atoms with E-state index in [0.717, 1.165) is 43.6 Å². The number of likely N-dealkylation sites (tertiary alicyclic amines) is 1. The highest BCUT2D eigenvalue weighted by molar-refractivity contribution is 7.57. The van der Waals surface area contributed by atoms with Crippen LogP contribution in [0.1, 0.15) is 85.0 Å². The van der Waals surface area contributed by atoms with Gasteiger partial charge in [-0.05, 0) is 92.8 Å². The van der Waals surface area contributed by atoms with Gasteiger partial charge in [0.05, 0.1) is 24.7 Å². The van der Waals surface area contributed by atoms with Crippen LogP contribution in [0.5, 0.6) is 5.75 Å². The van der Waals surface area contributed by atoms with Crippen LogP contribution in [0.3, 0.4) is 0 Å².